The van der Waals surface area contributed by atoms with Gasteiger partial charge in [-0.2, -0.15) is 0 Å². The summed E-state index contributed by atoms with van der Waals surface area (Å²) in [6.45, 7) is 10.4. The summed E-state index contributed by atoms with van der Waals surface area (Å²) < 4.78 is 32.8. The van der Waals surface area contributed by atoms with Crippen LogP contribution in [0.15, 0.2) is 24.8 Å². The van der Waals surface area contributed by atoms with Gasteiger partial charge in [-0.3, -0.25) is 5.32 Å². The largest absolute Gasteiger partial charge is 0.479 e. The zero-order valence-corrected chi connectivity index (χ0v) is 25.9. The molecule has 1 saturated heterocycles. The number of benzene rings is 1. The molecule has 3 N–H and O–H groups in total. The Morgan fingerprint density at radius 1 is 1.02 bits per heavy atom. The number of nitrogens with zero attached hydrogens (tertiary/aromatic N) is 5. The van der Waals surface area contributed by atoms with Crippen LogP contribution in [0.4, 0.5) is 25.5 Å². The standard InChI is InChI=1S/C29H38FN7O7/c1-27(2,3)43-25(40)34-22-21-23(32-15-31-22)37(16-33-21)12-17-18(13-42-7)19(30)8-9-20(17)36-11-10-29(14-36,24(38)39)35-26(41)44-28(4,5)6/h8-9,15-16H,10-14H2,1-7H3,(H,35,41)(H,38,39)(H,31,32,34,40). The third-order valence-electron chi connectivity index (χ3n) is 6.75. The number of aliphatic carboxylic acids is 1. The first-order valence-corrected chi connectivity index (χ1v) is 14.0. The van der Waals surface area contributed by atoms with E-state index in [-0.39, 0.29) is 49.6 Å². The van der Waals surface area contributed by atoms with Crippen LogP contribution in [0.2, 0.25) is 0 Å². The molecule has 1 aliphatic rings. The van der Waals surface area contributed by atoms with Crippen molar-refractivity contribution in [3.05, 3.63) is 41.7 Å². The van der Waals surface area contributed by atoms with Crippen LogP contribution in [-0.2, 0) is 32.2 Å². The third kappa shape index (κ3) is 7.33. The van der Waals surface area contributed by atoms with Crippen molar-refractivity contribution in [2.45, 2.75) is 77.9 Å². The number of ether oxygens (including phenoxy) is 3. The number of methoxy groups -OCH3 is 1. The van der Waals surface area contributed by atoms with Gasteiger partial charge in [0.25, 0.3) is 0 Å². The van der Waals surface area contributed by atoms with E-state index in [4.69, 9.17) is 14.2 Å². The Kier molecular flexibility index (Phi) is 9.00. The number of hydrogen-bond donors (Lipinski definition) is 3. The second kappa shape index (κ2) is 12.2. The summed E-state index contributed by atoms with van der Waals surface area (Å²) >= 11 is 0. The molecule has 0 bridgehead atoms. The van der Waals surface area contributed by atoms with Crippen LogP contribution in [0.3, 0.4) is 0 Å². The maximum Gasteiger partial charge on any atom is 0.413 e. The highest BCUT2D eigenvalue weighted by Gasteiger charge is 2.47. The first-order chi connectivity index (χ1) is 20.5. The maximum absolute atomic E-state index is 15.2. The molecular weight excluding hydrogens is 577 g/mol. The number of alkyl carbamates (subject to hydrolysis) is 1. The maximum atomic E-state index is 15.2. The summed E-state index contributed by atoms with van der Waals surface area (Å²) in [4.78, 5) is 52.1. The fourth-order valence-electron chi connectivity index (χ4n) is 4.93. The molecule has 0 spiro atoms. The number of hydrogen-bond acceptors (Lipinski definition) is 10. The van der Waals surface area contributed by atoms with Gasteiger partial charge in [-0.25, -0.2) is 33.7 Å². The van der Waals surface area contributed by atoms with Crippen LogP contribution in [0.1, 0.15) is 59.1 Å². The van der Waals surface area contributed by atoms with Crippen LogP contribution in [-0.4, -0.2) is 79.7 Å². The molecule has 14 nitrogen and oxygen atoms in total. The lowest BCUT2D eigenvalue weighted by Crippen LogP contribution is -2.57. The molecule has 3 aromatic rings. The highest BCUT2D eigenvalue weighted by Crippen LogP contribution is 2.34. The average molecular weight is 616 g/mol. The van der Waals surface area contributed by atoms with Crippen LogP contribution in [0.25, 0.3) is 11.2 Å². The lowest BCUT2D eigenvalue weighted by atomic mass is 9.99. The molecule has 0 aliphatic carbocycles. The van der Waals surface area contributed by atoms with Gasteiger partial charge in [-0.05, 0) is 53.7 Å². The Labute approximate surface area is 253 Å². The smallest absolute Gasteiger partial charge is 0.413 e. The summed E-state index contributed by atoms with van der Waals surface area (Å²) in [5, 5.41) is 15.3. The molecule has 1 atom stereocenters. The Hall–Kier alpha value is -4.53. The van der Waals surface area contributed by atoms with E-state index in [0.717, 1.165) is 0 Å². The highest BCUT2D eigenvalue weighted by molar-refractivity contribution is 5.93. The lowest BCUT2D eigenvalue weighted by molar-refractivity contribution is -0.143. The molecule has 1 aromatic carbocycles. The summed E-state index contributed by atoms with van der Waals surface area (Å²) in [5.41, 5.74) is -1.21. The molecule has 0 radical (unpaired) electrons. The molecule has 238 valence electrons. The van der Waals surface area contributed by atoms with E-state index >= 15 is 4.39 Å². The molecule has 0 saturated carbocycles. The van der Waals surface area contributed by atoms with Crippen molar-refractivity contribution in [1.29, 1.82) is 0 Å². The SMILES string of the molecule is COCc1c(F)ccc(N2CCC(NC(=O)OC(C)(C)C)(C(=O)O)C2)c1Cn1cnc2c(NC(=O)OC(C)(C)C)ncnc21. The molecule has 1 unspecified atom stereocenters. The number of rotatable bonds is 8. The highest BCUT2D eigenvalue weighted by atomic mass is 19.1. The van der Waals surface area contributed by atoms with E-state index in [9.17, 15) is 19.5 Å². The molecule has 1 aliphatic heterocycles. The van der Waals surface area contributed by atoms with Gasteiger partial charge >= 0.3 is 18.2 Å². The van der Waals surface area contributed by atoms with Crippen molar-refractivity contribution in [2.24, 2.45) is 0 Å². The number of carboxylic acid groups (broad SMARTS) is 1. The van der Waals surface area contributed by atoms with E-state index < -0.39 is 40.7 Å². The predicted molar refractivity (Wildman–Crippen MR) is 158 cm³/mol. The number of carbonyl (C=O) groups excluding carboxylic acids is 2. The lowest BCUT2D eigenvalue weighted by Gasteiger charge is -2.29. The number of aromatic nitrogens is 4. The van der Waals surface area contributed by atoms with Crippen molar-refractivity contribution >= 4 is 40.8 Å². The van der Waals surface area contributed by atoms with Crippen molar-refractivity contribution in [3.63, 3.8) is 0 Å². The van der Waals surface area contributed by atoms with E-state index in [1.54, 1.807) is 57.1 Å². The number of amides is 2. The molecule has 4 rings (SSSR count). The fourth-order valence-corrected chi connectivity index (χ4v) is 4.93. The van der Waals surface area contributed by atoms with Crippen LogP contribution in [0, 0.1) is 5.82 Å². The normalized spacial score (nSPS) is 17.0. The Bertz CT molecular complexity index is 1560. The average Bonchev–Trinajstić information content (AvgIpc) is 3.50. The van der Waals surface area contributed by atoms with Crippen molar-refractivity contribution in [2.75, 3.05) is 30.4 Å². The van der Waals surface area contributed by atoms with E-state index in [2.05, 4.69) is 25.6 Å². The van der Waals surface area contributed by atoms with Gasteiger partial charge in [0.15, 0.2) is 22.5 Å². The summed E-state index contributed by atoms with van der Waals surface area (Å²) in [7, 11) is 1.44. The number of halogens is 1. The molecule has 15 heteroatoms. The van der Waals surface area contributed by atoms with Gasteiger partial charge in [0.05, 0.1) is 26.0 Å². The zero-order valence-electron chi connectivity index (χ0n) is 25.9. The third-order valence-corrected chi connectivity index (χ3v) is 6.75. The minimum Gasteiger partial charge on any atom is -0.479 e. The fraction of sp³-hybridized carbons (Fsp3) is 0.517. The Morgan fingerprint density at radius 2 is 1.70 bits per heavy atom. The van der Waals surface area contributed by atoms with E-state index in [1.807, 2.05) is 0 Å². The predicted octanol–water partition coefficient (Wildman–Crippen LogP) is 4.07. The van der Waals surface area contributed by atoms with Gasteiger partial charge in [0.1, 0.15) is 23.3 Å². The Morgan fingerprint density at radius 3 is 2.34 bits per heavy atom. The zero-order chi connectivity index (χ0) is 32.4. The monoisotopic (exact) mass is 615 g/mol. The summed E-state index contributed by atoms with van der Waals surface area (Å²) in [6.07, 6.45) is 1.28. The van der Waals surface area contributed by atoms with Crippen molar-refractivity contribution < 1.29 is 38.1 Å². The van der Waals surface area contributed by atoms with Gasteiger partial charge in [0.2, 0.25) is 0 Å². The minimum atomic E-state index is -1.63. The van der Waals surface area contributed by atoms with Gasteiger partial charge in [-0.1, -0.05) is 0 Å². The van der Waals surface area contributed by atoms with E-state index in [1.165, 1.54) is 25.8 Å². The molecule has 1 fully saturated rings. The van der Waals surface area contributed by atoms with Gasteiger partial charge in [0, 0.05) is 36.9 Å². The topological polar surface area (TPSA) is 170 Å². The van der Waals surface area contributed by atoms with Gasteiger partial charge < -0.3 is 34.1 Å². The Balaban J connectivity index is 1.69. The molecule has 44 heavy (non-hydrogen) atoms. The molecule has 2 amide bonds. The van der Waals surface area contributed by atoms with Crippen molar-refractivity contribution in [1.82, 2.24) is 24.8 Å². The second-order valence-corrected chi connectivity index (χ2v) is 12.5. The van der Waals surface area contributed by atoms with Crippen molar-refractivity contribution in [3.8, 4) is 0 Å². The first-order valence-electron chi connectivity index (χ1n) is 14.0. The number of carboxylic acids is 1. The molecular formula is C29H38FN7O7. The van der Waals surface area contributed by atoms with Gasteiger partial charge in [-0.15, -0.1) is 0 Å². The number of fused-ring (bicyclic) bond motifs is 1. The quantitative estimate of drug-likeness (QED) is 0.334. The van der Waals surface area contributed by atoms with Crippen LogP contribution in [0.5, 0.6) is 0 Å². The first kappa shape index (κ1) is 32.4. The number of nitrogens with one attached hydrogen (secondary N) is 2. The van der Waals surface area contributed by atoms with Crippen LogP contribution >= 0.6 is 0 Å². The van der Waals surface area contributed by atoms with E-state index in [0.29, 0.717) is 16.9 Å². The summed E-state index contributed by atoms with van der Waals surface area (Å²) in [5.74, 6) is -1.58. The summed E-state index contributed by atoms with van der Waals surface area (Å²) in [6, 6.07) is 2.87. The minimum absolute atomic E-state index is 0.0594. The molecule has 2 aromatic heterocycles. The van der Waals surface area contributed by atoms with Crippen LogP contribution < -0.4 is 15.5 Å². The number of imidazole rings is 1. The second-order valence-electron chi connectivity index (χ2n) is 12.5. The molecule has 3 heterocycles. The number of carbonyl (C=O) groups is 3. The number of anilines is 2.